The van der Waals surface area contributed by atoms with Crippen LogP contribution in [-0.2, 0) is 5.21 Å². The van der Waals surface area contributed by atoms with Crippen LogP contribution in [0.25, 0.3) is 0 Å². The summed E-state index contributed by atoms with van der Waals surface area (Å²) in [5, 5.41) is 12.4. The lowest BCUT2D eigenvalue weighted by Gasteiger charge is -1.97. The molecule has 0 amide bonds. The van der Waals surface area contributed by atoms with E-state index in [-0.39, 0.29) is 0 Å². The molecule has 0 aromatic heterocycles. The van der Waals surface area contributed by atoms with Crippen LogP contribution in [0.2, 0.25) is 0 Å². The largest absolute Gasteiger partial charge is 0.497 e. The van der Waals surface area contributed by atoms with Crippen molar-refractivity contribution in [2.45, 2.75) is 0 Å². The zero-order chi connectivity index (χ0) is 8.10. The minimum atomic E-state index is 0.771. The molecule has 3 nitrogen and oxygen atoms in total. The number of methoxy groups -OCH3 is 1. The highest BCUT2D eigenvalue weighted by Gasteiger charge is 1.89. The fraction of sp³-hybridized carbons (Fsp3) is 0.125. The van der Waals surface area contributed by atoms with Gasteiger partial charge in [0, 0.05) is 0 Å². The highest BCUT2D eigenvalue weighted by Crippen LogP contribution is 2.09. The van der Waals surface area contributed by atoms with Gasteiger partial charge in [0.2, 0.25) is 0 Å². The zero-order valence-electron chi connectivity index (χ0n) is 6.15. The third-order valence-electron chi connectivity index (χ3n) is 1.32. The monoisotopic (exact) mass is 150 g/mol. The number of hydrogen-bond acceptors (Lipinski definition) is 2. The molecular weight excluding hydrogens is 142 g/mol. The lowest BCUT2D eigenvalue weighted by molar-refractivity contribution is 0.211. The summed E-state index contributed by atoms with van der Waals surface area (Å²) in [5.74, 6) is 0.771. The maximum absolute atomic E-state index is 9.79. The lowest BCUT2D eigenvalue weighted by atomic mass is 10.2. The molecule has 1 radical (unpaired) electrons. The fourth-order valence-electron chi connectivity index (χ4n) is 0.751. The van der Waals surface area contributed by atoms with Crippen molar-refractivity contribution in [2.24, 2.45) is 5.16 Å². The van der Waals surface area contributed by atoms with E-state index in [0.29, 0.717) is 0 Å². The molecular formula is C8H8NO2. The van der Waals surface area contributed by atoms with Crippen LogP contribution in [0, 0.1) is 0 Å². The maximum atomic E-state index is 9.79. The van der Waals surface area contributed by atoms with Crippen LogP contribution in [0.15, 0.2) is 29.4 Å². The molecule has 0 spiro atoms. The molecule has 0 N–H and O–H groups in total. The first kappa shape index (κ1) is 7.60. The molecule has 0 saturated carbocycles. The summed E-state index contributed by atoms with van der Waals surface area (Å²) in [6, 6.07) is 7.08. The first-order valence-corrected chi connectivity index (χ1v) is 3.16. The standard InChI is InChI=1S/C8H8NO2/c1-11-8-4-2-7(3-5-8)6-9-10/h2-6H,1H3/b9-6+. The molecule has 0 aliphatic heterocycles. The van der Waals surface area contributed by atoms with Crippen molar-refractivity contribution < 1.29 is 9.94 Å². The van der Waals surface area contributed by atoms with Gasteiger partial charge >= 0.3 is 0 Å². The summed E-state index contributed by atoms with van der Waals surface area (Å²) in [4.78, 5) is 0. The smallest absolute Gasteiger partial charge is 0.118 e. The van der Waals surface area contributed by atoms with E-state index in [2.05, 4.69) is 5.16 Å². The molecule has 0 heterocycles. The van der Waals surface area contributed by atoms with Gasteiger partial charge in [-0.25, -0.2) is 0 Å². The number of hydrogen-bond donors (Lipinski definition) is 0. The number of ether oxygens (including phenoxy) is 1. The van der Waals surface area contributed by atoms with Gasteiger partial charge in [-0.1, -0.05) is 0 Å². The number of nitrogens with zero attached hydrogens (tertiary/aromatic N) is 1. The van der Waals surface area contributed by atoms with Crippen molar-refractivity contribution in [1.29, 1.82) is 0 Å². The topological polar surface area (TPSA) is 41.5 Å². The van der Waals surface area contributed by atoms with Crippen molar-refractivity contribution in [3.05, 3.63) is 29.8 Å². The van der Waals surface area contributed by atoms with E-state index in [1.54, 1.807) is 31.4 Å². The Balaban J connectivity index is 2.82. The van der Waals surface area contributed by atoms with Crippen molar-refractivity contribution in [3.63, 3.8) is 0 Å². The predicted octanol–water partition coefficient (Wildman–Crippen LogP) is 1.46. The van der Waals surface area contributed by atoms with E-state index >= 15 is 0 Å². The van der Waals surface area contributed by atoms with Gasteiger partial charge in [0.05, 0.1) is 13.3 Å². The molecule has 0 bridgehead atoms. The normalized spacial score (nSPS) is 10.3. The van der Waals surface area contributed by atoms with Crippen molar-refractivity contribution in [1.82, 2.24) is 0 Å². The Kier molecular flexibility index (Phi) is 2.49. The van der Waals surface area contributed by atoms with Crippen molar-refractivity contribution in [3.8, 4) is 5.75 Å². The Labute approximate surface area is 64.9 Å². The maximum Gasteiger partial charge on any atom is 0.118 e. The van der Waals surface area contributed by atoms with Gasteiger partial charge in [-0.05, 0) is 35.0 Å². The lowest BCUT2D eigenvalue weighted by Crippen LogP contribution is -1.83. The number of benzene rings is 1. The van der Waals surface area contributed by atoms with Crippen LogP contribution in [0.5, 0.6) is 5.75 Å². The van der Waals surface area contributed by atoms with E-state index in [0.717, 1.165) is 11.3 Å². The van der Waals surface area contributed by atoms with Gasteiger partial charge in [0.1, 0.15) is 5.75 Å². The Morgan fingerprint density at radius 2 is 2.00 bits per heavy atom. The van der Waals surface area contributed by atoms with Gasteiger partial charge < -0.3 is 4.74 Å². The minimum absolute atomic E-state index is 0.771. The average Bonchev–Trinajstić information content (AvgIpc) is 2.07. The Hall–Kier alpha value is -1.51. The first-order chi connectivity index (χ1) is 5.36. The molecule has 3 heteroatoms. The second-order valence-electron chi connectivity index (χ2n) is 2.01. The minimum Gasteiger partial charge on any atom is -0.497 e. The molecule has 0 atom stereocenters. The molecule has 0 fully saturated rings. The summed E-state index contributed by atoms with van der Waals surface area (Å²) in [5.41, 5.74) is 0.779. The second kappa shape index (κ2) is 3.61. The number of rotatable bonds is 2. The quantitative estimate of drug-likeness (QED) is 0.464. The van der Waals surface area contributed by atoms with Crippen LogP contribution >= 0.6 is 0 Å². The average molecular weight is 150 g/mol. The molecule has 11 heavy (non-hydrogen) atoms. The van der Waals surface area contributed by atoms with Gasteiger partial charge in [-0.15, -0.1) is 5.21 Å². The highest BCUT2D eigenvalue weighted by molar-refractivity contribution is 5.79. The van der Waals surface area contributed by atoms with E-state index in [9.17, 15) is 5.21 Å². The highest BCUT2D eigenvalue weighted by atomic mass is 16.5. The predicted molar refractivity (Wildman–Crippen MR) is 41.3 cm³/mol. The van der Waals surface area contributed by atoms with Crippen LogP contribution in [0.4, 0.5) is 0 Å². The van der Waals surface area contributed by atoms with Gasteiger partial charge in [-0.3, -0.25) is 0 Å². The van der Waals surface area contributed by atoms with E-state index < -0.39 is 0 Å². The summed E-state index contributed by atoms with van der Waals surface area (Å²) in [6.45, 7) is 0. The van der Waals surface area contributed by atoms with Gasteiger partial charge in [-0.2, -0.15) is 0 Å². The summed E-state index contributed by atoms with van der Waals surface area (Å²) in [6.07, 6.45) is 1.25. The Morgan fingerprint density at radius 1 is 1.36 bits per heavy atom. The molecule has 1 aromatic carbocycles. The third kappa shape index (κ3) is 1.97. The van der Waals surface area contributed by atoms with Crippen LogP contribution < -0.4 is 4.74 Å². The molecule has 0 aliphatic rings. The molecule has 57 valence electrons. The molecule has 0 unspecified atom stereocenters. The summed E-state index contributed by atoms with van der Waals surface area (Å²) < 4.78 is 4.92. The molecule has 1 aromatic rings. The van der Waals surface area contributed by atoms with E-state index in [1.165, 1.54) is 6.21 Å². The second-order valence-corrected chi connectivity index (χ2v) is 2.01. The Bertz CT molecular complexity index is 241. The van der Waals surface area contributed by atoms with E-state index in [4.69, 9.17) is 4.74 Å². The zero-order valence-corrected chi connectivity index (χ0v) is 6.15. The molecule has 1 rings (SSSR count). The SMILES string of the molecule is COc1ccc(/C=N/[O])cc1. The first-order valence-electron chi connectivity index (χ1n) is 3.16. The third-order valence-corrected chi connectivity index (χ3v) is 1.32. The molecule has 0 saturated heterocycles. The Morgan fingerprint density at radius 3 is 2.45 bits per heavy atom. The molecule has 0 aliphatic carbocycles. The fourth-order valence-corrected chi connectivity index (χ4v) is 0.751. The van der Waals surface area contributed by atoms with E-state index in [1.807, 2.05) is 0 Å². The summed E-state index contributed by atoms with van der Waals surface area (Å²) >= 11 is 0. The van der Waals surface area contributed by atoms with Crippen molar-refractivity contribution in [2.75, 3.05) is 7.11 Å². The van der Waals surface area contributed by atoms with Crippen LogP contribution in [0.3, 0.4) is 0 Å². The van der Waals surface area contributed by atoms with Gasteiger partial charge in [0.15, 0.2) is 0 Å². The van der Waals surface area contributed by atoms with Crippen molar-refractivity contribution >= 4 is 6.21 Å². The van der Waals surface area contributed by atoms with Crippen LogP contribution in [0.1, 0.15) is 5.56 Å². The summed E-state index contributed by atoms with van der Waals surface area (Å²) in [7, 11) is 1.59. The van der Waals surface area contributed by atoms with Crippen LogP contribution in [-0.4, -0.2) is 13.3 Å². The van der Waals surface area contributed by atoms with Gasteiger partial charge in [0.25, 0.3) is 0 Å².